The normalized spacial score (nSPS) is 21.3. The molecule has 1 amide bonds. The number of nitrogens with one attached hydrogen (secondary N) is 1. The fourth-order valence-corrected chi connectivity index (χ4v) is 3.71. The molecule has 2 heterocycles. The van der Waals surface area contributed by atoms with Gasteiger partial charge in [0.2, 0.25) is 11.9 Å². The molecule has 1 saturated heterocycles. The summed E-state index contributed by atoms with van der Waals surface area (Å²) in [6, 6.07) is 10.0. The maximum absolute atomic E-state index is 12.5. The van der Waals surface area contributed by atoms with Crippen LogP contribution in [0.25, 0.3) is 5.69 Å². The molecule has 1 aliphatic heterocycles. The molecule has 1 atom stereocenters. The number of para-hydroxylation sites is 1. The van der Waals surface area contributed by atoms with Gasteiger partial charge < -0.3 is 10.2 Å². The highest BCUT2D eigenvalue weighted by molar-refractivity contribution is 5.79. The molecule has 7 heteroatoms. The van der Waals surface area contributed by atoms with Crippen molar-refractivity contribution in [2.75, 3.05) is 18.4 Å². The number of benzene rings is 1. The summed E-state index contributed by atoms with van der Waals surface area (Å²) in [6.07, 6.45) is 5.43. The van der Waals surface area contributed by atoms with E-state index in [1.807, 2.05) is 35.2 Å². The molecule has 1 aromatic heterocycles. The SMILES string of the molecule is O=C(C1CCCC1)N1CCC(Nc2nnnn2-c2ccccc2)C1. The lowest BCUT2D eigenvalue weighted by Gasteiger charge is -2.20. The molecule has 126 valence electrons. The van der Waals surface area contributed by atoms with Crippen molar-refractivity contribution in [2.24, 2.45) is 5.92 Å². The van der Waals surface area contributed by atoms with Crippen LogP contribution in [0.15, 0.2) is 30.3 Å². The van der Waals surface area contributed by atoms with Gasteiger partial charge in [-0.15, -0.1) is 0 Å². The lowest BCUT2D eigenvalue weighted by atomic mass is 10.1. The van der Waals surface area contributed by atoms with Gasteiger partial charge in [0, 0.05) is 25.0 Å². The molecule has 4 rings (SSSR count). The van der Waals surface area contributed by atoms with Crippen molar-refractivity contribution in [2.45, 2.75) is 38.1 Å². The predicted molar refractivity (Wildman–Crippen MR) is 89.7 cm³/mol. The van der Waals surface area contributed by atoms with Crippen molar-refractivity contribution in [1.29, 1.82) is 0 Å². The molecular weight excluding hydrogens is 304 g/mol. The third-order valence-electron chi connectivity index (χ3n) is 5.01. The van der Waals surface area contributed by atoms with E-state index in [9.17, 15) is 4.79 Å². The molecule has 7 nitrogen and oxygen atoms in total. The van der Waals surface area contributed by atoms with Gasteiger partial charge in [-0.05, 0) is 41.8 Å². The summed E-state index contributed by atoms with van der Waals surface area (Å²) in [5.41, 5.74) is 0.918. The number of nitrogens with zero attached hydrogens (tertiary/aromatic N) is 5. The van der Waals surface area contributed by atoms with E-state index in [0.717, 1.165) is 38.0 Å². The molecule has 2 fully saturated rings. The van der Waals surface area contributed by atoms with Crippen molar-refractivity contribution >= 4 is 11.9 Å². The average molecular weight is 326 g/mol. The number of carbonyl (C=O) groups excluding carboxylic acids is 1. The minimum absolute atomic E-state index is 0.198. The van der Waals surface area contributed by atoms with E-state index >= 15 is 0 Å². The molecule has 1 unspecified atom stereocenters. The molecule has 1 N–H and O–H groups in total. The van der Waals surface area contributed by atoms with E-state index in [0.29, 0.717) is 11.9 Å². The number of tetrazole rings is 1. The highest BCUT2D eigenvalue weighted by atomic mass is 16.2. The number of rotatable bonds is 4. The summed E-state index contributed by atoms with van der Waals surface area (Å²) >= 11 is 0. The monoisotopic (exact) mass is 326 g/mol. The zero-order valence-corrected chi connectivity index (χ0v) is 13.6. The number of hydrogen-bond acceptors (Lipinski definition) is 5. The molecule has 0 spiro atoms. The van der Waals surface area contributed by atoms with Crippen LogP contribution in [-0.4, -0.2) is 50.1 Å². The highest BCUT2D eigenvalue weighted by Gasteiger charge is 2.32. The number of hydrogen-bond donors (Lipinski definition) is 1. The molecule has 24 heavy (non-hydrogen) atoms. The van der Waals surface area contributed by atoms with Gasteiger partial charge in [0.1, 0.15) is 0 Å². The minimum Gasteiger partial charge on any atom is -0.348 e. The van der Waals surface area contributed by atoms with E-state index in [2.05, 4.69) is 20.8 Å². The molecule has 2 aromatic rings. The average Bonchev–Trinajstić information content (AvgIpc) is 3.37. The van der Waals surface area contributed by atoms with Crippen molar-refractivity contribution in [3.8, 4) is 5.69 Å². The van der Waals surface area contributed by atoms with Gasteiger partial charge in [-0.25, -0.2) is 0 Å². The first-order valence-corrected chi connectivity index (χ1v) is 8.70. The lowest BCUT2D eigenvalue weighted by molar-refractivity contribution is -0.134. The fraction of sp³-hybridized carbons (Fsp3) is 0.529. The van der Waals surface area contributed by atoms with Gasteiger partial charge >= 0.3 is 0 Å². The van der Waals surface area contributed by atoms with Crippen molar-refractivity contribution in [3.63, 3.8) is 0 Å². The van der Waals surface area contributed by atoms with Gasteiger partial charge in [0.25, 0.3) is 0 Å². The maximum atomic E-state index is 12.5. The summed E-state index contributed by atoms with van der Waals surface area (Å²) < 4.78 is 1.70. The van der Waals surface area contributed by atoms with Gasteiger partial charge in [0.05, 0.1) is 5.69 Å². The Hall–Kier alpha value is -2.44. The maximum Gasteiger partial charge on any atom is 0.248 e. The number of amides is 1. The Kier molecular flexibility index (Phi) is 4.15. The lowest BCUT2D eigenvalue weighted by Crippen LogP contribution is -2.35. The van der Waals surface area contributed by atoms with Crippen LogP contribution in [0.5, 0.6) is 0 Å². The number of anilines is 1. The van der Waals surface area contributed by atoms with E-state index in [-0.39, 0.29) is 12.0 Å². The topological polar surface area (TPSA) is 75.9 Å². The van der Waals surface area contributed by atoms with E-state index in [1.54, 1.807) is 4.68 Å². The van der Waals surface area contributed by atoms with Crippen LogP contribution in [0.4, 0.5) is 5.95 Å². The first-order chi connectivity index (χ1) is 11.8. The Morgan fingerprint density at radius 1 is 1.12 bits per heavy atom. The molecule has 1 saturated carbocycles. The van der Waals surface area contributed by atoms with Gasteiger partial charge in [-0.3, -0.25) is 4.79 Å². The zero-order valence-electron chi connectivity index (χ0n) is 13.6. The quantitative estimate of drug-likeness (QED) is 0.928. The van der Waals surface area contributed by atoms with Crippen LogP contribution in [0, 0.1) is 5.92 Å². The molecule has 0 bridgehead atoms. The Bertz CT molecular complexity index is 694. The van der Waals surface area contributed by atoms with Crippen LogP contribution < -0.4 is 5.32 Å². The summed E-state index contributed by atoms with van der Waals surface area (Å²) in [6.45, 7) is 1.55. The number of likely N-dealkylation sites (tertiary alicyclic amines) is 1. The second kappa shape index (κ2) is 6.59. The summed E-state index contributed by atoms with van der Waals surface area (Å²) in [7, 11) is 0. The number of aromatic nitrogens is 4. The third kappa shape index (κ3) is 2.98. The van der Waals surface area contributed by atoms with E-state index in [1.165, 1.54) is 12.8 Å². The zero-order chi connectivity index (χ0) is 16.4. The highest BCUT2D eigenvalue weighted by Crippen LogP contribution is 2.28. The number of carbonyl (C=O) groups is 1. The predicted octanol–water partition coefficient (Wildman–Crippen LogP) is 1.87. The first kappa shape index (κ1) is 15.1. The molecule has 2 aliphatic rings. The Balaban J connectivity index is 1.41. The second-order valence-corrected chi connectivity index (χ2v) is 6.65. The summed E-state index contributed by atoms with van der Waals surface area (Å²) in [5.74, 6) is 1.21. The molecule has 1 aliphatic carbocycles. The van der Waals surface area contributed by atoms with E-state index < -0.39 is 0 Å². The standard InChI is InChI=1S/C17H22N6O/c24-16(13-6-4-5-7-13)22-11-10-14(12-22)18-17-19-20-21-23(17)15-8-2-1-3-9-15/h1-3,8-9,13-14H,4-7,10-12H2,(H,18,19,21). The second-order valence-electron chi connectivity index (χ2n) is 6.65. The summed E-state index contributed by atoms with van der Waals surface area (Å²) in [4.78, 5) is 14.5. The largest absolute Gasteiger partial charge is 0.348 e. The van der Waals surface area contributed by atoms with Crippen LogP contribution in [-0.2, 0) is 4.79 Å². The van der Waals surface area contributed by atoms with Gasteiger partial charge in [-0.2, -0.15) is 4.68 Å². The summed E-state index contributed by atoms with van der Waals surface area (Å²) in [5, 5.41) is 15.3. The van der Waals surface area contributed by atoms with Crippen molar-refractivity contribution < 1.29 is 4.79 Å². The molecule has 1 aromatic carbocycles. The third-order valence-corrected chi connectivity index (χ3v) is 5.01. The van der Waals surface area contributed by atoms with E-state index in [4.69, 9.17) is 0 Å². The fourth-order valence-electron chi connectivity index (χ4n) is 3.71. The molecule has 0 radical (unpaired) electrons. The van der Waals surface area contributed by atoms with Gasteiger partial charge in [-0.1, -0.05) is 36.1 Å². The van der Waals surface area contributed by atoms with Crippen molar-refractivity contribution in [1.82, 2.24) is 25.1 Å². The van der Waals surface area contributed by atoms with Crippen LogP contribution in [0.3, 0.4) is 0 Å². The Labute approximate surface area is 141 Å². The molecular formula is C17H22N6O. The van der Waals surface area contributed by atoms with Crippen LogP contribution >= 0.6 is 0 Å². The minimum atomic E-state index is 0.198. The smallest absolute Gasteiger partial charge is 0.248 e. The van der Waals surface area contributed by atoms with Gasteiger partial charge in [0.15, 0.2) is 0 Å². The van der Waals surface area contributed by atoms with Crippen molar-refractivity contribution in [3.05, 3.63) is 30.3 Å². The Morgan fingerprint density at radius 3 is 2.71 bits per heavy atom. The first-order valence-electron chi connectivity index (χ1n) is 8.70. The van der Waals surface area contributed by atoms with Crippen LogP contribution in [0.2, 0.25) is 0 Å². The Morgan fingerprint density at radius 2 is 1.92 bits per heavy atom. The van der Waals surface area contributed by atoms with Crippen LogP contribution in [0.1, 0.15) is 32.1 Å².